The number of carbonyl (C=O) groups is 2. The largest absolute Gasteiger partial charge is 0.477 e. The molecule has 0 aliphatic carbocycles. The Morgan fingerprint density at radius 1 is 0.939 bits per heavy atom. The molecule has 2 amide bonds. The molecule has 3 aromatic carbocycles. The summed E-state index contributed by atoms with van der Waals surface area (Å²) in [5.41, 5.74) is 3.12. The summed E-state index contributed by atoms with van der Waals surface area (Å²) in [6.07, 6.45) is 0.486. The van der Waals surface area contributed by atoms with Crippen molar-refractivity contribution >= 4 is 17.5 Å². The number of hydrogen-bond donors (Lipinski definition) is 1. The van der Waals surface area contributed by atoms with E-state index in [4.69, 9.17) is 9.26 Å². The molecule has 1 aliphatic rings. The van der Waals surface area contributed by atoms with Crippen molar-refractivity contribution in [3.05, 3.63) is 102 Å². The molecule has 5 rings (SSSR count). The molecule has 2 heterocycles. The standard InChI is InChI=1S/C26H21N3O4/c30-25(27-15-18-9-3-1-4-10-18)23-16-29(21-13-7-8-14-22(21)33-23)26(31)20-17-32-28-24(20)19-11-5-2-6-12-19/h1-14,17,23H,15-16H2,(H,27,30)/t23-/m0/s1. The molecular formula is C26H21N3O4. The summed E-state index contributed by atoms with van der Waals surface area (Å²) >= 11 is 0. The molecule has 0 fully saturated rings. The van der Waals surface area contributed by atoms with Gasteiger partial charge in [0.2, 0.25) is 0 Å². The molecule has 1 aromatic heterocycles. The molecule has 0 saturated carbocycles. The number of carbonyl (C=O) groups excluding carboxylic acids is 2. The van der Waals surface area contributed by atoms with Crippen LogP contribution in [0.25, 0.3) is 11.3 Å². The average Bonchev–Trinajstić information content (AvgIpc) is 3.37. The van der Waals surface area contributed by atoms with Crippen molar-refractivity contribution in [1.82, 2.24) is 10.5 Å². The SMILES string of the molecule is O=C(NCc1ccccc1)[C@@H]1CN(C(=O)c2conc2-c2ccccc2)c2ccccc2O1. The van der Waals surface area contributed by atoms with Crippen LogP contribution in [0.2, 0.25) is 0 Å². The molecule has 0 radical (unpaired) electrons. The van der Waals surface area contributed by atoms with E-state index in [2.05, 4.69) is 10.5 Å². The van der Waals surface area contributed by atoms with E-state index in [1.807, 2.05) is 66.7 Å². The molecule has 0 unspecified atom stereocenters. The molecule has 4 aromatic rings. The zero-order valence-corrected chi connectivity index (χ0v) is 17.7. The number of anilines is 1. The normalized spacial score (nSPS) is 14.8. The predicted molar refractivity (Wildman–Crippen MR) is 123 cm³/mol. The summed E-state index contributed by atoms with van der Waals surface area (Å²) in [4.78, 5) is 28.1. The van der Waals surface area contributed by atoms with E-state index in [0.717, 1.165) is 11.1 Å². The van der Waals surface area contributed by atoms with Gasteiger partial charge in [-0.05, 0) is 17.7 Å². The maximum absolute atomic E-state index is 13.6. The van der Waals surface area contributed by atoms with Gasteiger partial charge in [-0.15, -0.1) is 0 Å². The highest BCUT2D eigenvalue weighted by molar-refractivity contribution is 6.10. The second-order valence-corrected chi connectivity index (χ2v) is 7.64. The Hall–Kier alpha value is -4.39. The Balaban J connectivity index is 1.41. The number of ether oxygens (including phenoxy) is 1. The first-order valence-electron chi connectivity index (χ1n) is 10.6. The van der Waals surface area contributed by atoms with Gasteiger partial charge in [0.25, 0.3) is 11.8 Å². The third-order valence-corrected chi connectivity index (χ3v) is 5.47. The molecule has 0 saturated heterocycles. The smallest absolute Gasteiger partial charge is 0.264 e. The van der Waals surface area contributed by atoms with Gasteiger partial charge >= 0.3 is 0 Å². The fourth-order valence-corrected chi connectivity index (χ4v) is 3.80. The van der Waals surface area contributed by atoms with Gasteiger partial charge in [-0.25, -0.2) is 0 Å². The van der Waals surface area contributed by atoms with Crippen LogP contribution in [-0.2, 0) is 11.3 Å². The van der Waals surface area contributed by atoms with E-state index in [1.54, 1.807) is 23.1 Å². The lowest BCUT2D eigenvalue weighted by Crippen LogP contribution is -2.50. The number of hydrogen-bond acceptors (Lipinski definition) is 5. The van der Waals surface area contributed by atoms with Crippen molar-refractivity contribution in [2.24, 2.45) is 0 Å². The summed E-state index contributed by atoms with van der Waals surface area (Å²) in [6, 6.07) is 26.1. The molecule has 1 aliphatic heterocycles. The van der Waals surface area contributed by atoms with E-state index >= 15 is 0 Å². The molecule has 164 valence electrons. The Labute approximate surface area is 190 Å². The number of amides is 2. The van der Waals surface area contributed by atoms with Gasteiger partial charge in [-0.2, -0.15) is 0 Å². The Kier molecular flexibility index (Phi) is 5.59. The number of fused-ring (bicyclic) bond motifs is 1. The molecule has 0 spiro atoms. The van der Waals surface area contributed by atoms with Crippen LogP contribution in [0.15, 0.2) is 95.7 Å². The Morgan fingerprint density at radius 2 is 1.64 bits per heavy atom. The Bertz CT molecular complexity index is 1270. The predicted octanol–water partition coefficient (Wildman–Crippen LogP) is 4.07. The Morgan fingerprint density at radius 3 is 2.42 bits per heavy atom. The molecule has 33 heavy (non-hydrogen) atoms. The summed E-state index contributed by atoms with van der Waals surface area (Å²) in [5.74, 6) is -0.138. The van der Waals surface area contributed by atoms with Gasteiger partial charge in [-0.3, -0.25) is 9.59 Å². The van der Waals surface area contributed by atoms with Crippen LogP contribution in [0.5, 0.6) is 5.75 Å². The minimum Gasteiger partial charge on any atom is -0.477 e. The van der Waals surface area contributed by atoms with Crippen molar-refractivity contribution in [1.29, 1.82) is 0 Å². The van der Waals surface area contributed by atoms with Crippen LogP contribution >= 0.6 is 0 Å². The molecule has 7 nitrogen and oxygen atoms in total. The molecular weight excluding hydrogens is 418 g/mol. The zero-order valence-electron chi connectivity index (χ0n) is 17.7. The van der Waals surface area contributed by atoms with Gasteiger partial charge in [-0.1, -0.05) is 78.0 Å². The van der Waals surface area contributed by atoms with E-state index in [-0.39, 0.29) is 18.4 Å². The summed E-state index contributed by atoms with van der Waals surface area (Å²) < 4.78 is 11.1. The fourth-order valence-electron chi connectivity index (χ4n) is 3.80. The van der Waals surface area contributed by atoms with Crippen LogP contribution in [0.3, 0.4) is 0 Å². The second-order valence-electron chi connectivity index (χ2n) is 7.64. The van der Waals surface area contributed by atoms with Crippen LogP contribution in [0.1, 0.15) is 15.9 Å². The first-order valence-corrected chi connectivity index (χ1v) is 10.6. The average molecular weight is 439 g/mol. The topological polar surface area (TPSA) is 84.7 Å². The number of nitrogens with one attached hydrogen (secondary N) is 1. The molecule has 7 heteroatoms. The lowest BCUT2D eigenvalue weighted by atomic mass is 10.1. The number of rotatable bonds is 5. The van der Waals surface area contributed by atoms with Crippen molar-refractivity contribution in [2.75, 3.05) is 11.4 Å². The second kappa shape index (κ2) is 9.00. The van der Waals surface area contributed by atoms with Crippen molar-refractivity contribution < 1.29 is 18.8 Å². The van der Waals surface area contributed by atoms with Crippen molar-refractivity contribution in [2.45, 2.75) is 12.6 Å². The summed E-state index contributed by atoms with van der Waals surface area (Å²) in [6.45, 7) is 0.439. The highest BCUT2D eigenvalue weighted by atomic mass is 16.5. The van der Waals surface area contributed by atoms with Gasteiger partial charge in [0, 0.05) is 12.1 Å². The lowest BCUT2D eigenvalue weighted by molar-refractivity contribution is -0.127. The minimum atomic E-state index is -0.854. The monoisotopic (exact) mass is 439 g/mol. The summed E-state index contributed by atoms with van der Waals surface area (Å²) in [7, 11) is 0. The molecule has 0 bridgehead atoms. The van der Waals surface area contributed by atoms with Crippen molar-refractivity contribution in [3.8, 4) is 17.0 Å². The van der Waals surface area contributed by atoms with E-state index in [0.29, 0.717) is 29.2 Å². The van der Waals surface area contributed by atoms with Gasteiger partial charge in [0.1, 0.15) is 23.3 Å². The minimum absolute atomic E-state index is 0.0654. The maximum atomic E-state index is 13.6. The highest BCUT2D eigenvalue weighted by Gasteiger charge is 2.35. The van der Waals surface area contributed by atoms with E-state index in [9.17, 15) is 9.59 Å². The van der Waals surface area contributed by atoms with E-state index < -0.39 is 6.10 Å². The number of nitrogens with zero attached hydrogens (tertiary/aromatic N) is 2. The maximum Gasteiger partial charge on any atom is 0.264 e. The molecule has 1 atom stereocenters. The van der Waals surface area contributed by atoms with E-state index in [1.165, 1.54) is 6.26 Å². The van der Waals surface area contributed by atoms with Crippen LogP contribution in [0.4, 0.5) is 5.69 Å². The number of para-hydroxylation sites is 2. The third-order valence-electron chi connectivity index (χ3n) is 5.47. The highest BCUT2D eigenvalue weighted by Crippen LogP contribution is 2.35. The van der Waals surface area contributed by atoms with Crippen molar-refractivity contribution in [3.63, 3.8) is 0 Å². The van der Waals surface area contributed by atoms with Crippen LogP contribution in [-0.4, -0.2) is 29.6 Å². The van der Waals surface area contributed by atoms with Crippen LogP contribution in [0, 0.1) is 0 Å². The first kappa shape index (κ1) is 20.5. The lowest BCUT2D eigenvalue weighted by Gasteiger charge is -2.34. The van der Waals surface area contributed by atoms with Gasteiger partial charge in [0.15, 0.2) is 6.10 Å². The van der Waals surface area contributed by atoms with Gasteiger partial charge < -0.3 is 19.5 Å². The third kappa shape index (κ3) is 4.21. The quantitative estimate of drug-likeness (QED) is 0.507. The number of benzene rings is 3. The first-order chi connectivity index (χ1) is 16.2. The molecule has 1 N–H and O–H groups in total. The van der Waals surface area contributed by atoms with Gasteiger partial charge in [0.05, 0.1) is 12.2 Å². The fraction of sp³-hybridized carbons (Fsp3) is 0.115. The zero-order chi connectivity index (χ0) is 22.6. The van der Waals surface area contributed by atoms with Crippen LogP contribution < -0.4 is 15.0 Å². The number of aromatic nitrogens is 1. The summed E-state index contributed by atoms with van der Waals surface area (Å²) in [5, 5.41) is 6.94.